The van der Waals surface area contributed by atoms with Crippen molar-refractivity contribution >= 4 is 22.9 Å². The van der Waals surface area contributed by atoms with Crippen LogP contribution in [0.5, 0.6) is 0 Å². The Kier molecular flexibility index (Phi) is 4.17. The van der Waals surface area contributed by atoms with E-state index < -0.39 is 18.1 Å². The van der Waals surface area contributed by atoms with Gasteiger partial charge in [-0.25, -0.2) is 9.59 Å². The standard InChI is InChI=1S/C8H7N3O2.C2HF3O2/c9-7(12)4-1-2-5-6(3-4)11-8(13)10-5;3-2(4,5)1(6)7/h1-3H,(H2,9,12)(H2,10,11,13);(H,6,7). The molecule has 0 aliphatic heterocycles. The number of nitrogens with one attached hydrogen (secondary N) is 2. The average Bonchev–Trinajstić information content (AvgIpc) is 2.67. The summed E-state index contributed by atoms with van der Waals surface area (Å²) in [5, 5.41) is 7.12. The first-order chi connectivity index (χ1) is 9.11. The molecule has 1 aromatic carbocycles. The molecule has 10 heteroatoms. The van der Waals surface area contributed by atoms with Gasteiger partial charge in [-0.2, -0.15) is 13.2 Å². The van der Waals surface area contributed by atoms with Crippen LogP contribution in [0.4, 0.5) is 13.2 Å². The lowest BCUT2D eigenvalue weighted by Gasteiger charge is -1.93. The number of hydrogen-bond donors (Lipinski definition) is 4. The maximum absolute atomic E-state index is 10.8. The first kappa shape index (κ1) is 15.3. The van der Waals surface area contributed by atoms with Crippen molar-refractivity contribution in [2.75, 3.05) is 0 Å². The van der Waals surface area contributed by atoms with Gasteiger partial charge in [0.2, 0.25) is 5.91 Å². The summed E-state index contributed by atoms with van der Waals surface area (Å²) in [6, 6.07) is 4.73. The number of carboxylic acids is 1. The van der Waals surface area contributed by atoms with Gasteiger partial charge in [-0.3, -0.25) is 4.79 Å². The maximum atomic E-state index is 10.8. The van der Waals surface area contributed by atoms with Crippen molar-refractivity contribution in [3.63, 3.8) is 0 Å². The number of imidazole rings is 1. The molecular weight excluding hydrogens is 283 g/mol. The summed E-state index contributed by atoms with van der Waals surface area (Å²) in [5.74, 6) is -3.27. The Balaban J connectivity index is 0.000000246. The topological polar surface area (TPSA) is 129 Å². The van der Waals surface area contributed by atoms with Gasteiger partial charge in [-0.05, 0) is 18.2 Å². The fourth-order valence-electron chi connectivity index (χ4n) is 1.19. The van der Waals surface area contributed by atoms with Crippen LogP contribution >= 0.6 is 0 Å². The summed E-state index contributed by atoms with van der Waals surface area (Å²) in [6.07, 6.45) is -5.08. The first-order valence-corrected chi connectivity index (χ1v) is 4.93. The number of primary amides is 1. The van der Waals surface area contributed by atoms with Crippen molar-refractivity contribution in [3.05, 3.63) is 34.2 Å². The number of hydrogen-bond acceptors (Lipinski definition) is 3. The number of aromatic amines is 2. The van der Waals surface area contributed by atoms with Crippen LogP contribution in [0.25, 0.3) is 11.0 Å². The average molecular weight is 291 g/mol. The third kappa shape index (κ3) is 3.86. The number of benzene rings is 1. The van der Waals surface area contributed by atoms with E-state index in [1.165, 1.54) is 6.07 Å². The van der Waals surface area contributed by atoms with Crippen LogP contribution in [0, 0.1) is 0 Å². The number of carboxylic acid groups (broad SMARTS) is 1. The molecule has 1 amide bonds. The Labute approximate surface area is 108 Å². The van der Waals surface area contributed by atoms with E-state index in [-0.39, 0.29) is 5.69 Å². The van der Waals surface area contributed by atoms with Crippen LogP contribution in [0.3, 0.4) is 0 Å². The number of rotatable bonds is 1. The third-order valence-electron chi connectivity index (χ3n) is 2.04. The molecular formula is C10H8F3N3O4. The lowest BCUT2D eigenvalue weighted by Crippen LogP contribution is -2.21. The van der Waals surface area contributed by atoms with Gasteiger partial charge in [-0.1, -0.05) is 0 Å². The van der Waals surface area contributed by atoms with Crippen LogP contribution in [-0.2, 0) is 4.79 Å². The minimum Gasteiger partial charge on any atom is -0.475 e. The van der Waals surface area contributed by atoms with E-state index in [0.29, 0.717) is 16.6 Å². The van der Waals surface area contributed by atoms with E-state index >= 15 is 0 Å². The Morgan fingerprint density at radius 1 is 1.15 bits per heavy atom. The summed E-state index contributed by atoms with van der Waals surface area (Å²) in [7, 11) is 0. The number of nitrogens with two attached hydrogens (primary N) is 1. The number of aliphatic carboxylic acids is 1. The Morgan fingerprint density at radius 2 is 1.65 bits per heavy atom. The van der Waals surface area contributed by atoms with Gasteiger partial charge in [0.15, 0.2) is 0 Å². The van der Waals surface area contributed by atoms with Crippen molar-refractivity contribution < 1.29 is 27.9 Å². The summed E-state index contributed by atoms with van der Waals surface area (Å²) in [6.45, 7) is 0. The van der Waals surface area contributed by atoms with Gasteiger partial charge >= 0.3 is 17.8 Å². The molecule has 0 aliphatic carbocycles. The highest BCUT2D eigenvalue weighted by Crippen LogP contribution is 2.13. The van der Waals surface area contributed by atoms with E-state index in [4.69, 9.17) is 15.6 Å². The van der Waals surface area contributed by atoms with Gasteiger partial charge in [0.25, 0.3) is 0 Å². The summed E-state index contributed by atoms with van der Waals surface area (Å²) < 4.78 is 31.7. The van der Waals surface area contributed by atoms with E-state index in [2.05, 4.69) is 9.97 Å². The molecule has 0 unspecified atom stereocenters. The molecule has 0 saturated carbocycles. The highest BCUT2D eigenvalue weighted by atomic mass is 19.4. The largest absolute Gasteiger partial charge is 0.490 e. The molecule has 0 spiro atoms. The number of fused-ring (bicyclic) bond motifs is 1. The molecule has 2 aromatic rings. The molecule has 1 heterocycles. The predicted molar refractivity (Wildman–Crippen MR) is 61.1 cm³/mol. The molecule has 5 N–H and O–H groups in total. The molecule has 0 atom stereocenters. The van der Waals surface area contributed by atoms with Crippen LogP contribution < -0.4 is 11.4 Å². The molecule has 0 aliphatic rings. The van der Waals surface area contributed by atoms with Crippen molar-refractivity contribution in [1.82, 2.24) is 9.97 Å². The Bertz CT molecular complexity index is 702. The second kappa shape index (κ2) is 5.47. The van der Waals surface area contributed by atoms with E-state index in [9.17, 15) is 22.8 Å². The number of amides is 1. The highest BCUT2D eigenvalue weighted by Gasteiger charge is 2.38. The maximum Gasteiger partial charge on any atom is 0.490 e. The van der Waals surface area contributed by atoms with Crippen molar-refractivity contribution in [3.8, 4) is 0 Å². The van der Waals surface area contributed by atoms with Crippen LogP contribution in [0.15, 0.2) is 23.0 Å². The molecule has 7 nitrogen and oxygen atoms in total. The van der Waals surface area contributed by atoms with Crippen LogP contribution in [0.2, 0.25) is 0 Å². The Morgan fingerprint density at radius 3 is 2.10 bits per heavy atom. The highest BCUT2D eigenvalue weighted by molar-refractivity contribution is 5.96. The molecule has 1 aromatic heterocycles. The molecule has 2 rings (SSSR count). The number of halogens is 3. The van der Waals surface area contributed by atoms with Crippen molar-refractivity contribution in [2.24, 2.45) is 5.73 Å². The molecule has 0 radical (unpaired) electrons. The first-order valence-electron chi connectivity index (χ1n) is 4.93. The predicted octanol–water partition coefficient (Wildman–Crippen LogP) is 0.588. The van der Waals surface area contributed by atoms with Crippen LogP contribution in [-0.4, -0.2) is 33.1 Å². The zero-order valence-corrected chi connectivity index (χ0v) is 9.62. The lowest BCUT2D eigenvalue weighted by atomic mass is 10.2. The van der Waals surface area contributed by atoms with E-state index in [1.807, 2.05) is 0 Å². The smallest absolute Gasteiger partial charge is 0.475 e. The number of carbonyl (C=O) groups excluding carboxylic acids is 1. The van der Waals surface area contributed by atoms with Crippen molar-refractivity contribution in [1.29, 1.82) is 0 Å². The van der Waals surface area contributed by atoms with Crippen LogP contribution in [0.1, 0.15) is 10.4 Å². The molecule has 0 saturated heterocycles. The quantitative estimate of drug-likeness (QED) is 0.612. The SMILES string of the molecule is NC(=O)c1ccc2[nH]c(=O)[nH]c2c1.O=C(O)C(F)(F)F. The number of carbonyl (C=O) groups is 2. The summed E-state index contributed by atoms with van der Waals surface area (Å²) in [5.41, 5.74) is 6.40. The normalized spacial score (nSPS) is 10.8. The molecule has 0 bridgehead atoms. The molecule has 20 heavy (non-hydrogen) atoms. The van der Waals surface area contributed by atoms with Gasteiger partial charge in [-0.15, -0.1) is 0 Å². The van der Waals surface area contributed by atoms with Gasteiger partial charge in [0, 0.05) is 5.56 Å². The Hall–Kier alpha value is -2.78. The minimum absolute atomic E-state index is 0.295. The van der Waals surface area contributed by atoms with Gasteiger partial charge < -0.3 is 20.8 Å². The molecule has 0 fully saturated rings. The summed E-state index contributed by atoms with van der Waals surface area (Å²) >= 11 is 0. The third-order valence-corrected chi connectivity index (χ3v) is 2.04. The molecule has 108 valence electrons. The summed E-state index contributed by atoms with van der Waals surface area (Å²) in [4.78, 5) is 35.6. The fourth-order valence-corrected chi connectivity index (χ4v) is 1.19. The second-order valence-electron chi connectivity index (χ2n) is 3.51. The van der Waals surface area contributed by atoms with Gasteiger partial charge in [0.1, 0.15) is 0 Å². The zero-order valence-electron chi connectivity index (χ0n) is 9.62. The van der Waals surface area contributed by atoms with E-state index in [0.717, 1.165) is 0 Å². The number of aromatic nitrogens is 2. The monoisotopic (exact) mass is 291 g/mol. The number of H-pyrrole nitrogens is 2. The van der Waals surface area contributed by atoms with E-state index in [1.54, 1.807) is 12.1 Å². The second-order valence-corrected chi connectivity index (χ2v) is 3.51. The zero-order chi connectivity index (χ0) is 15.5. The van der Waals surface area contributed by atoms with Crippen molar-refractivity contribution in [2.45, 2.75) is 6.18 Å². The minimum atomic E-state index is -5.08. The lowest BCUT2D eigenvalue weighted by molar-refractivity contribution is -0.192. The fraction of sp³-hybridized carbons (Fsp3) is 0.100. The number of alkyl halides is 3. The van der Waals surface area contributed by atoms with Gasteiger partial charge in [0.05, 0.1) is 11.0 Å².